The van der Waals surface area contributed by atoms with Crippen LogP contribution in [0, 0.1) is 0 Å². The Bertz CT molecular complexity index is 1650. The van der Waals surface area contributed by atoms with Crippen LogP contribution in [-0.4, -0.2) is 58.3 Å². The van der Waals surface area contributed by atoms with E-state index in [2.05, 4.69) is 19.9 Å². The summed E-state index contributed by atoms with van der Waals surface area (Å²) in [4.78, 5) is 28.1. The molecule has 0 unspecified atom stereocenters. The predicted molar refractivity (Wildman–Crippen MR) is 181 cm³/mol. The molecule has 0 fully saturated rings. The van der Waals surface area contributed by atoms with E-state index in [-0.39, 0.29) is 0 Å². The Hall–Kier alpha value is -6.16. The standard InChI is InChI=1S/C36H32N6O4/c1-43-33-13-5-9-25(37-33)17-21-29-30(22-18-26-10-6-14-34(38-26)44-2)42-32(24-20-28-12-8-16-36(40-28)46-4)31(41-29)23-19-27-11-7-15-35(39-27)45-3/h5-24H,1-4H3. The van der Waals surface area contributed by atoms with E-state index in [0.717, 1.165) is 0 Å². The number of rotatable bonds is 12. The molecule has 10 heteroatoms. The summed E-state index contributed by atoms with van der Waals surface area (Å²) in [6.07, 6.45) is 14.9. The lowest BCUT2D eigenvalue weighted by Gasteiger charge is -2.08. The van der Waals surface area contributed by atoms with Crippen LogP contribution in [0.1, 0.15) is 45.6 Å². The van der Waals surface area contributed by atoms with Gasteiger partial charge in [-0.2, -0.15) is 0 Å². The van der Waals surface area contributed by atoms with Crippen molar-refractivity contribution in [1.29, 1.82) is 0 Å². The molecule has 230 valence electrons. The van der Waals surface area contributed by atoms with E-state index in [1.54, 1.807) is 52.7 Å². The molecule has 5 heterocycles. The number of methoxy groups -OCH3 is 4. The molecular formula is C36H32N6O4. The summed E-state index contributed by atoms with van der Waals surface area (Å²) in [5.41, 5.74) is 5.26. The van der Waals surface area contributed by atoms with Gasteiger partial charge >= 0.3 is 0 Å². The Labute approximate surface area is 267 Å². The van der Waals surface area contributed by atoms with Crippen LogP contribution in [0.5, 0.6) is 23.5 Å². The predicted octanol–water partition coefficient (Wildman–Crippen LogP) is 6.77. The first-order valence-electron chi connectivity index (χ1n) is 14.3. The van der Waals surface area contributed by atoms with Crippen LogP contribution in [-0.2, 0) is 0 Å². The Morgan fingerprint density at radius 3 is 0.783 bits per heavy atom. The molecule has 46 heavy (non-hydrogen) atoms. The summed E-state index contributed by atoms with van der Waals surface area (Å²) in [6, 6.07) is 22.2. The molecular weight excluding hydrogens is 580 g/mol. The second-order valence-corrected chi connectivity index (χ2v) is 9.52. The highest BCUT2D eigenvalue weighted by molar-refractivity contribution is 5.80. The van der Waals surface area contributed by atoms with Gasteiger partial charge in [-0.15, -0.1) is 0 Å². The van der Waals surface area contributed by atoms with Gasteiger partial charge in [0.25, 0.3) is 0 Å². The molecule has 0 atom stereocenters. The van der Waals surface area contributed by atoms with Gasteiger partial charge in [-0.1, -0.05) is 24.3 Å². The van der Waals surface area contributed by atoms with E-state index >= 15 is 0 Å². The number of hydrogen-bond donors (Lipinski definition) is 0. The SMILES string of the molecule is COc1cccc(C=Cc2nc(C=Cc3cccc(OC)n3)c(C=Cc3cccc(OC)n3)nc2C=Cc2cccc(OC)n2)n1. The molecule has 0 N–H and O–H groups in total. The minimum Gasteiger partial charge on any atom is -0.481 e. The lowest BCUT2D eigenvalue weighted by Crippen LogP contribution is -2.00. The maximum Gasteiger partial charge on any atom is 0.213 e. The fourth-order valence-electron chi connectivity index (χ4n) is 4.19. The number of pyridine rings is 4. The Morgan fingerprint density at radius 2 is 0.565 bits per heavy atom. The largest absolute Gasteiger partial charge is 0.481 e. The quantitative estimate of drug-likeness (QED) is 0.149. The van der Waals surface area contributed by atoms with Gasteiger partial charge < -0.3 is 18.9 Å². The second kappa shape index (κ2) is 15.5. The Morgan fingerprint density at radius 1 is 0.326 bits per heavy atom. The molecule has 5 aromatic rings. The van der Waals surface area contributed by atoms with E-state index in [4.69, 9.17) is 28.9 Å². The molecule has 0 spiro atoms. The van der Waals surface area contributed by atoms with Crippen LogP contribution in [0.2, 0.25) is 0 Å². The highest BCUT2D eigenvalue weighted by atomic mass is 16.5. The monoisotopic (exact) mass is 612 g/mol. The van der Waals surface area contributed by atoms with Crippen molar-refractivity contribution in [2.24, 2.45) is 0 Å². The molecule has 10 nitrogen and oxygen atoms in total. The average molecular weight is 613 g/mol. The lowest BCUT2D eigenvalue weighted by molar-refractivity contribution is 0.397. The molecule has 0 radical (unpaired) electrons. The van der Waals surface area contributed by atoms with Crippen molar-refractivity contribution in [3.8, 4) is 23.5 Å². The van der Waals surface area contributed by atoms with Gasteiger partial charge in [0.15, 0.2) is 0 Å². The fraction of sp³-hybridized carbons (Fsp3) is 0.111. The Balaban J connectivity index is 1.63. The van der Waals surface area contributed by atoms with Crippen molar-refractivity contribution in [3.05, 3.63) is 118 Å². The maximum absolute atomic E-state index is 5.29. The van der Waals surface area contributed by atoms with Gasteiger partial charge in [0.05, 0.1) is 74.0 Å². The van der Waals surface area contributed by atoms with Crippen LogP contribution in [0.4, 0.5) is 0 Å². The molecule has 5 rings (SSSR count). The normalized spacial score (nSPS) is 11.6. The summed E-state index contributed by atoms with van der Waals surface area (Å²) in [5, 5.41) is 0. The third kappa shape index (κ3) is 8.48. The summed E-state index contributed by atoms with van der Waals surface area (Å²) < 4.78 is 21.2. The smallest absolute Gasteiger partial charge is 0.213 e. The van der Waals surface area contributed by atoms with Crippen molar-refractivity contribution in [3.63, 3.8) is 0 Å². The van der Waals surface area contributed by atoms with E-state index < -0.39 is 0 Å². The molecule has 0 aromatic carbocycles. The highest BCUT2D eigenvalue weighted by Gasteiger charge is 2.09. The van der Waals surface area contributed by atoms with E-state index in [1.807, 2.05) is 97.1 Å². The molecule has 5 aromatic heterocycles. The van der Waals surface area contributed by atoms with Gasteiger partial charge in [0, 0.05) is 24.3 Å². The zero-order valence-corrected chi connectivity index (χ0v) is 25.9. The first-order chi connectivity index (χ1) is 22.6. The number of nitrogens with zero attached hydrogens (tertiary/aromatic N) is 6. The molecule has 0 bridgehead atoms. The summed E-state index contributed by atoms with van der Waals surface area (Å²) in [7, 11) is 6.33. The molecule has 0 saturated carbocycles. The van der Waals surface area contributed by atoms with Crippen molar-refractivity contribution in [1.82, 2.24) is 29.9 Å². The van der Waals surface area contributed by atoms with E-state index in [1.165, 1.54) is 0 Å². The third-order valence-corrected chi connectivity index (χ3v) is 6.47. The minimum absolute atomic E-state index is 0.513. The molecule has 0 aliphatic rings. The zero-order chi connectivity index (χ0) is 32.1. The maximum atomic E-state index is 5.29. The number of hydrogen-bond acceptors (Lipinski definition) is 10. The molecule has 0 aliphatic carbocycles. The highest BCUT2D eigenvalue weighted by Crippen LogP contribution is 2.21. The second-order valence-electron chi connectivity index (χ2n) is 9.52. The van der Waals surface area contributed by atoms with Crippen LogP contribution >= 0.6 is 0 Å². The van der Waals surface area contributed by atoms with Crippen molar-refractivity contribution in [2.75, 3.05) is 28.4 Å². The van der Waals surface area contributed by atoms with Crippen LogP contribution in [0.3, 0.4) is 0 Å². The van der Waals surface area contributed by atoms with Crippen molar-refractivity contribution >= 4 is 48.6 Å². The van der Waals surface area contributed by atoms with Crippen molar-refractivity contribution in [2.45, 2.75) is 0 Å². The zero-order valence-electron chi connectivity index (χ0n) is 25.9. The first-order valence-corrected chi connectivity index (χ1v) is 14.3. The number of aromatic nitrogens is 6. The first kappa shape index (κ1) is 31.3. The van der Waals surface area contributed by atoms with Gasteiger partial charge in [0.2, 0.25) is 23.5 Å². The summed E-state index contributed by atoms with van der Waals surface area (Å²) in [5.74, 6) is 2.05. The van der Waals surface area contributed by atoms with E-state index in [0.29, 0.717) is 69.1 Å². The topological polar surface area (TPSA) is 114 Å². The Kier molecular flexibility index (Phi) is 10.6. The summed E-state index contributed by atoms with van der Waals surface area (Å²) in [6.45, 7) is 0. The van der Waals surface area contributed by atoms with Crippen LogP contribution in [0.15, 0.2) is 72.8 Å². The molecule has 0 amide bonds. The van der Waals surface area contributed by atoms with Crippen LogP contribution < -0.4 is 18.9 Å². The van der Waals surface area contributed by atoms with Gasteiger partial charge in [-0.05, 0) is 72.9 Å². The number of ether oxygens (including phenoxy) is 4. The minimum atomic E-state index is 0.513. The fourth-order valence-corrected chi connectivity index (χ4v) is 4.19. The average Bonchev–Trinajstić information content (AvgIpc) is 3.12. The van der Waals surface area contributed by atoms with E-state index in [9.17, 15) is 0 Å². The van der Waals surface area contributed by atoms with Crippen molar-refractivity contribution < 1.29 is 18.9 Å². The summed E-state index contributed by atoms with van der Waals surface area (Å²) >= 11 is 0. The van der Waals surface area contributed by atoms with Gasteiger partial charge in [-0.25, -0.2) is 29.9 Å². The van der Waals surface area contributed by atoms with Crippen LogP contribution in [0.25, 0.3) is 48.6 Å². The van der Waals surface area contributed by atoms with Gasteiger partial charge in [-0.3, -0.25) is 0 Å². The third-order valence-electron chi connectivity index (χ3n) is 6.47. The molecule has 0 aliphatic heterocycles. The lowest BCUT2D eigenvalue weighted by atomic mass is 10.1. The molecule has 0 saturated heterocycles. The van der Waals surface area contributed by atoms with Gasteiger partial charge in [0.1, 0.15) is 0 Å².